The summed E-state index contributed by atoms with van der Waals surface area (Å²) in [6.45, 7) is 0.821. The zero-order valence-electron chi connectivity index (χ0n) is 15.5. The number of ether oxygens (including phenoxy) is 1. The standard InChI is InChI=1S/C20H18N2O7/c1-10(21-18(24)16-12-2-3-13(8-12)17(16)19(21)25)20(26)29-9-15(23)11-4-6-14(7-5-11)22(27)28/h2-7,10,12-13,16-17H,8-9H2,1H3/t10-,12-,13-,16-,17+/m0/s1. The fourth-order valence-electron chi connectivity index (χ4n) is 4.52. The number of esters is 1. The van der Waals surface area contributed by atoms with Gasteiger partial charge in [-0.15, -0.1) is 0 Å². The molecule has 0 spiro atoms. The molecular weight excluding hydrogens is 380 g/mol. The first kappa shape index (κ1) is 19.0. The van der Waals surface area contributed by atoms with Crippen LogP contribution in [0.5, 0.6) is 0 Å². The maximum absolute atomic E-state index is 12.7. The maximum Gasteiger partial charge on any atom is 0.329 e. The highest BCUT2D eigenvalue weighted by Gasteiger charge is 2.60. The van der Waals surface area contributed by atoms with Gasteiger partial charge in [-0.1, -0.05) is 12.2 Å². The van der Waals surface area contributed by atoms with E-state index in [9.17, 15) is 29.3 Å². The van der Waals surface area contributed by atoms with E-state index in [1.165, 1.54) is 31.2 Å². The van der Waals surface area contributed by atoms with Crippen molar-refractivity contribution in [2.24, 2.45) is 23.7 Å². The number of fused-ring (bicyclic) bond motifs is 5. The Morgan fingerprint density at radius 2 is 1.69 bits per heavy atom. The SMILES string of the molecule is C[C@@H](C(=O)OCC(=O)c1ccc([N+](=O)[O-])cc1)N1C(=O)[C@@H]2[C@H](C1=O)[C@H]1C=C[C@H]2C1. The number of nitro groups is 1. The van der Waals surface area contributed by atoms with E-state index < -0.39 is 41.2 Å². The van der Waals surface area contributed by atoms with Crippen LogP contribution in [0.25, 0.3) is 0 Å². The van der Waals surface area contributed by atoms with Gasteiger partial charge in [0.25, 0.3) is 5.69 Å². The summed E-state index contributed by atoms with van der Waals surface area (Å²) in [6.07, 6.45) is 4.72. The lowest BCUT2D eigenvalue weighted by molar-refractivity contribution is -0.384. The van der Waals surface area contributed by atoms with Crippen molar-refractivity contribution in [2.45, 2.75) is 19.4 Å². The van der Waals surface area contributed by atoms with E-state index in [1.807, 2.05) is 12.2 Å². The molecule has 1 heterocycles. The quantitative estimate of drug-likeness (QED) is 0.178. The summed E-state index contributed by atoms with van der Waals surface area (Å²) in [4.78, 5) is 61.0. The van der Waals surface area contributed by atoms with Crippen molar-refractivity contribution in [3.8, 4) is 0 Å². The van der Waals surface area contributed by atoms with Crippen molar-refractivity contribution < 1.29 is 28.8 Å². The lowest BCUT2D eigenvalue weighted by atomic mass is 9.85. The van der Waals surface area contributed by atoms with Crippen molar-refractivity contribution >= 4 is 29.3 Å². The van der Waals surface area contributed by atoms with E-state index in [4.69, 9.17) is 4.74 Å². The Kier molecular flexibility index (Phi) is 4.52. The number of hydrogen-bond acceptors (Lipinski definition) is 7. The Balaban J connectivity index is 1.37. The van der Waals surface area contributed by atoms with Crippen LogP contribution in [0.15, 0.2) is 36.4 Å². The number of ketones is 1. The second-order valence-electron chi connectivity index (χ2n) is 7.56. The van der Waals surface area contributed by atoms with E-state index in [0.717, 1.165) is 11.3 Å². The van der Waals surface area contributed by atoms with Gasteiger partial charge in [-0.2, -0.15) is 0 Å². The van der Waals surface area contributed by atoms with E-state index in [1.54, 1.807) is 0 Å². The lowest BCUT2D eigenvalue weighted by Crippen LogP contribution is -2.45. The molecule has 3 aliphatic rings. The largest absolute Gasteiger partial charge is 0.456 e. The van der Waals surface area contributed by atoms with Crippen molar-refractivity contribution in [2.75, 3.05) is 6.61 Å². The average molecular weight is 398 g/mol. The number of Topliss-reactive ketones (excluding diaryl/α,β-unsaturated/α-hetero) is 1. The summed E-state index contributed by atoms with van der Waals surface area (Å²) in [5.74, 6) is -2.84. The van der Waals surface area contributed by atoms with Crippen LogP contribution < -0.4 is 0 Å². The predicted molar refractivity (Wildman–Crippen MR) is 97.4 cm³/mol. The molecule has 2 amide bonds. The number of rotatable bonds is 6. The third-order valence-corrected chi connectivity index (χ3v) is 5.98. The summed E-state index contributed by atoms with van der Waals surface area (Å²) >= 11 is 0. The number of allylic oxidation sites excluding steroid dienone is 2. The van der Waals surface area contributed by atoms with Gasteiger partial charge in [-0.3, -0.25) is 29.4 Å². The zero-order valence-corrected chi connectivity index (χ0v) is 15.5. The van der Waals surface area contributed by atoms with Crippen LogP contribution in [0.4, 0.5) is 5.69 Å². The number of imide groups is 1. The highest BCUT2D eigenvalue weighted by Crippen LogP contribution is 2.52. The van der Waals surface area contributed by atoms with Crippen LogP contribution >= 0.6 is 0 Å². The molecule has 4 rings (SSSR count). The molecule has 9 heteroatoms. The minimum Gasteiger partial charge on any atom is -0.456 e. The molecule has 150 valence electrons. The topological polar surface area (TPSA) is 124 Å². The van der Waals surface area contributed by atoms with E-state index >= 15 is 0 Å². The van der Waals surface area contributed by atoms with Crippen LogP contribution in [0.3, 0.4) is 0 Å². The molecule has 1 aromatic carbocycles. The van der Waals surface area contributed by atoms with Crippen molar-refractivity contribution in [3.63, 3.8) is 0 Å². The van der Waals surface area contributed by atoms with Gasteiger partial charge >= 0.3 is 5.97 Å². The fraction of sp³-hybridized carbons (Fsp3) is 0.400. The van der Waals surface area contributed by atoms with Crippen molar-refractivity contribution in [3.05, 3.63) is 52.1 Å². The minimum absolute atomic E-state index is 0.0402. The Morgan fingerprint density at radius 1 is 1.14 bits per heavy atom. The van der Waals surface area contributed by atoms with E-state index in [2.05, 4.69) is 0 Å². The molecular formula is C20H18N2O7. The Hall–Kier alpha value is -3.36. The molecule has 0 aromatic heterocycles. The summed E-state index contributed by atoms with van der Waals surface area (Å²) < 4.78 is 5.01. The third-order valence-electron chi connectivity index (χ3n) is 5.98. The normalized spacial score (nSPS) is 27.8. The number of amides is 2. The maximum atomic E-state index is 12.7. The first-order valence-electron chi connectivity index (χ1n) is 9.29. The molecule has 2 fully saturated rings. The summed E-state index contributed by atoms with van der Waals surface area (Å²) in [6, 6.07) is 3.79. The highest BCUT2D eigenvalue weighted by molar-refractivity contribution is 6.09. The fourth-order valence-corrected chi connectivity index (χ4v) is 4.52. The van der Waals surface area contributed by atoms with Gasteiger partial charge in [0.2, 0.25) is 11.8 Å². The Bertz CT molecular complexity index is 922. The van der Waals surface area contributed by atoms with Gasteiger partial charge in [0.05, 0.1) is 16.8 Å². The summed E-state index contributed by atoms with van der Waals surface area (Å²) in [5.41, 5.74) is -0.00575. The first-order valence-corrected chi connectivity index (χ1v) is 9.29. The molecule has 2 aliphatic carbocycles. The number of nitro benzene ring substituents is 1. The molecule has 1 aromatic rings. The van der Waals surface area contributed by atoms with Crippen LogP contribution in [-0.2, 0) is 19.1 Å². The molecule has 0 radical (unpaired) electrons. The zero-order chi connectivity index (χ0) is 20.9. The molecule has 1 saturated carbocycles. The van der Waals surface area contributed by atoms with E-state index in [0.29, 0.717) is 0 Å². The lowest BCUT2D eigenvalue weighted by Gasteiger charge is -2.23. The number of carbonyl (C=O) groups is 4. The van der Waals surface area contributed by atoms with Gasteiger partial charge in [-0.05, 0) is 37.3 Å². The summed E-state index contributed by atoms with van der Waals surface area (Å²) in [5, 5.41) is 10.7. The predicted octanol–water partition coefficient (Wildman–Crippen LogP) is 1.52. The molecule has 0 N–H and O–H groups in total. The van der Waals surface area contributed by atoms with Crippen LogP contribution in [0.1, 0.15) is 23.7 Å². The van der Waals surface area contributed by atoms with Gasteiger partial charge in [0.1, 0.15) is 6.04 Å². The van der Waals surface area contributed by atoms with Gasteiger partial charge < -0.3 is 4.74 Å². The van der Waals surface area contributed by atoms with Crippen LogP contribution in [0, 0.1) is 33.8 Å². The monoisotopic (exact) mass is 398 g/mol. The Labute approximate surface area is 165 Å². The number of benzene rings is 1. The van der Waals surface area contributed by atoms with Gasteiger partial charge in [0, 0.05) is 17.7 Å². The van der Waals surface area contributed by atoms with Crippen molar-refractivity contribution in [1.29, 1.82) is 0 Å². The third kappa shape index (κ3) is 3.02. The van der Waals surface area contributed by atoms with Gasteiger partial charge in [-0.25, -0.2) is 4.79 Å². The Morgan fingerprint density at radius 3 is 2.21 bits per heavy atom. The summed E-state index contributed by atoms with van der Waals surface area (Å²) in [7, 11) is 0. The molecule has 1 aliphatic heterocycles. The van der Waals surface area contributed by atoms with Crippen LogP contribution in [0.2, 0.25) is 0 Å². The van der Waals surface area contributed by atoms with E-state index in [-0.39, 0.29) is 34.9 Å². The number of carbonyl (C=O) groups excluding carboxylic acids is 4. The van der Waals surface area contributed by atoms with Crippen LogP contribution in [-0.4, -0.2) is 46.0 Å². The molecule has 0 unspecified atom stereocenters. The number of non-ortho nitro benzene ring substituents is 1. The second kappa shape index (κ2) is 6.91. The highest BCUT2D eigenvalue weighted by atomic mass is 16.6. The van der Waals surface area contributed by atoms with Gasteiger partial charge in [0.15, 0.2) is 12.4 Å². The number of hydrogen-bond donors (Lipinski definition) is 0. The first-order chi connectivity index (χ1) is 13.8. The molecule has 9 nitrogen and oxygen atoms in total. The molecule has 29 heavy (non-hydrogen) atoms. The second-order valence-corrected chi connectivity index (χ2v) is 7.56. The molecule has 1 saturated heterocycles. The smallest absolute Gasteiger partial charge is 0.329 e. The van der Waals surface area contributed by atoms with Crippen molar-refractivity contribution in [1.82, 2.24) is 4.90 Å². The average Bonchev–Trinajstić information content (AvgIpc) is 3.39. The minimum atomic E-state index is -1.12. The molecule has 5 atom stereocenters. The number of nitrogens with zero attached hydrogens (tertiary/aromatic N) is 2. The number of likely N-dealkylation sites (tertiary alicyclic amines) is 1. The molecule has 2 bridgehead atoms.